The summed E-state index contributed by atoms with van der Waals surface area (Å²) in [6.45, 7) is 5.49. The van der Waals surface area contributed by atoms with Crippen LogP contribution < -0.4 is 0 Å². The first-order valence-corrected chi connectivity index (χ1v) is 11.2. The standard InChI is InChI=1S/C24H19Cl2NO3S/c1-13-4-7-17(8-5-13)27-14(2)10-19(15(27)3)20(28)12-30-24(29)23-22(26)18-9-6-16(25)11-21(18)31-23/h4-11H,12H2,1-3H3. The first-order valence-electron chi connectivity index (χ1n) is 9.60. The van der Waals surface area contributed by atoms with E-state index in [2.05, 4.69) is 0 Å². The SMILES string of the molecule is Cc1ccc(-n2c(C)cc(C(=O)COC(=O)c3sc4cc(Cl)ccc4c3Cl)c2C)cc1. The van der Waals surface area contributed by atoms with Crippen LogP contribution in [0.4, 0.5) is 0 Å². The Balaban J connectivity index is 1.53. The van der Waals surface area contributed by atoms with E-state index in [-0.39, 0.29) is 17.3 Å². The highest BCUT2D eigenvalue weighted by atomic mass is 35.5. The Morgan fingerprint density at radius 1 is 1.00 bits per heavy atom. The molecule has 0 unspecified atom stereocenters. The zero-order chi connectivity index (χ0) is 22.3. The third kappa shape index (κ3) is 4.13. The number of thiophene rings is 1. The average molecular weight is 472 g/mol. The molecule has 7 heteroatoms. The summed E-state index contributed by atoms with van der Waals surface area (Å²) < 4.78 is 8.11. The van der Waals surface area contributed by atoms with E-state index in [9.17, 15) is 9.59 Å². The Morgan fingerprint density at radius 3 is 2.42 bits per heavy atom. The highest BCUT2D eigenvalue weighted by Crippen LogP contribution is 2.37. The average Bonchev–Trinajstić information content (AvgIpc) is 3.22. The van der Waals surface area contributed by atoms with Crippen LogP contribution in [-0.2, 0) is 4.74 Å². The Morgan fingerprint density at radius 2 is 1.71 bits per heavy atom. The molecule has 0 aliphatic rings. The van der Waals surface area contributed by atoms with E-state index in [1.807, 2.05) is 55.7 Å². The van der Waals surface area contributed by atoms with Crippen molar-refractivity contribution in [2.75, 3.05) is 6.61 Å². The molecule has 0 aliphatic heterocycles. The van der Waals surface area contributed by atoms with Gasteiger partial charge in [0.25, 0.3) is 0 Å². The van der Waals surface area contributed by atoms with Gasteiger partial charge in [-0.1, -0.05) is 47.0 Å². The maximum Gasteiger partial charge on any atom is 0.350 e. The second kappa shape index (κ2) is 8.50. The highest BCUT2D eigenvalue weighted by molar-refractivity contribution is 7.21. The number of Topliss-reactive ketones (excluding diaryl/α,β-unsaturated/α-hetero) is 1. The number of fused-ring (bicyclic) bond motifs is 1. The number of hydrogen-bond donors (Lipinski definition) is 0. The van der Waals surface area contributed by atoms with Gasteiger partial charge in [-0.05, 0) is 51.1 Å². The van der Waals surface area contributed by atoms with Gasteiger partial charge in [0.2, 0.25) is 5.78 Å². The van der Waals surface area contributed by atoms with Gasteiger partial charge >= 0.3 is 5.97 Å². The van der Waals surface area contributed by atoms with Gasteiger partial charge in [-0.2, -0.15) is 0 Å². The summed E-state index contributed by atoms with van der Waals surface area (Å²) in [6.07, 6.45) is 0. The molecule has 4 aromatic rings. The Kier molecular flexibility index (Phi) is 5.93. The Bertz CT molecular complexity index is 1320. The summed E-state index contributed by atoms with van der Waals surface area (Å²) in [7, 11) is 0. The molecule has 0 N–H and O–H groups in total. The number of carbonyl (C=O) groups is 2. The van der Waals surface area contributed by atoms with Crippen LogP contribution in [0.25, 0.3) is 15.8 Å². The van der Waals surface area contributed by atoms with Crippen LogP contribution in [0.2, 0.25) is 10.0 Å². The van der Waals surface area contributed by atoms with Crippen molar-refractivity contribution >= 4 is 56.4 Å². The fourth-order valence-corrected chi connectivity index (χ4v) is 5.26. The molecule has 0 fully saturated rings. The van der Waals surface area contributed by atoms with E-state index in [0.717, 1.165) is 32.7 Å². The molecule has 0 saturated heterocycles. The van der Waals surface area contributed by atoms with Crippen molar-refractivity contribution < 1.29 is 14.3 Å². The van der Waals surface area contributed by atoms with Crippen LogP contribution in [-0.4, -0.2) is 22.9 Å². The summed E-state index contributed by atoms with van der Waals surface area (Å²) in [5, 5.41) is 1.60. The molecule has 4 nitrogen and oxygen atoms in total. The molecule has 2 heterocycles. The molecule has 0 saturated carbocycles. The molecule has 4 rings (SSSR count). The zero-order valence-corrected chi connectivity index (χ0v) is 19.5. The number of ketones is 1. The lowest BCUT2D eigenvalue weighted by Crippen LogP contribution is -2.14. The molecule has 2 aromatic heterocycles. The normalized spacial score (nSPS) is 11.1. The second-order valence-corrected chi connectivity index (χ2v) is 9.21. The van der Waals surface area contributed by atoms with Crippen molar-refractivity contribution in [2.45, 2.75) is 20.8 Å². The smallest absolute Gasteiger partial charge is 0.350 e. The van der Waals surface area contributed by atoms with Crippen LogP contribution in [0.5, 0.6) is 0 Å². The summed E-state index contributed by atoms with van der Waals surface area (Å²) in [5.74, 6) is -0.886. The van der Waals surface area contributed by atoms with Crippen molar-refractivity contribution in [3.05, 3.63) is 86.0 Å². The zero-order valence-electron chi connectivity index (χ0n) is 17.2. The molecule has 0 atom stereocenters. The number of aromatic nitrogens is 1. The molecular formula is C24H19Cl2NO3S. The van der Waals surface area contributed by atoms with E-state index in [1.165, 1.54) is 11.3 Å². The van der Waals surface area contributed by atoms with Gasteiger partial charge in [0, 0.05) is 37.7 Å². The number of rotatable bonds is 5. The number of esters is 1. The third-order valence-electron chi connectivity index (χ3n) is 5.13. The van der Waals surface area contributed by atoms with Crippen LogP contribution in [0.1, 0.15) is 37.0 Å². The number of hydrogen-bond acceptors (Lipinski definition) is 4. The third-order valence-corrected chi connectivity index (χ3v) is 7.01. The topological polar surface area (TPSA) is 48.3 Å². The van der Waals surface area contributed by atoms with Gasteiger partial charge in [-0.15, -0.1) is 11.3 Å². The monoisotopic (exact) mass is 471 g/mol. The fraction of sp³-hybridized carbons (Fsp3) is 0.167. The Labute approximate surface area is 194 Å². The molecule has 0 aliphatic carbocycles. The molecular weight excluding hydrogens is 453 g/mol. The first-order chi connectivity index (χ1) is 14.8. The van der Waals surface area contributed by atoms with Crippen LogP contribution >= 0.6 is 34.5 Å². The van der Waals surface area contributed by atoms with Gasteiger partial charge in [0.05, 0.1) is 5.02 Å². The predicted octanol–water partition coefficient (Wildman–Crippen LogP) is 6.96. The maximum absolute atomic E-state index is 12.8. The first kappa shape index (κ1) is 21.6. The molecule has 31 heavy (non-hydrogen) atoms. The molecule has 2 aromatic carbocycles. The second-order valence-electron chi connectivity index (χ2n) is 7.34. The quantitative estimate of drug-likeness (QED) is 0.233. The Hall–Kier alpha value is -2.60. The van der Waals surface area contributed by atoms with Gasteiger partial charge < -0.3 is 9.30 Å². The molecule has 158 valence electrons. The van der Waals surface area contributed by atoms with Crippen LogP contribution in [0, 0.1) is 20.8 Å². The van der Waals surface area contributed by atoms with Gasteiger partial charge in [0.1, 0.15) is 4.88 Å². The lowest BCUT2D eigenvalue weighted by molar-refractivity contribution is 0.0479. The number of benzene rings is 2. The molecule has 0 radical (unpaired) electrons. The number of aryl methyl sites for hydroxylation is 2. The van der Waals surface area contributed by atoms with E-state index in [4.69, 9.17) is 27.9 Å². The van der Waals surface area contributed by atoms with Crippen molar-refractivity contribution in [1.82, 2.24) is 4.57 Å². The van der Waals surface area contributed by atoms with E-state index in [1.54, 1.807) is 18.2 Å². The number of halogens is 2. The highest BCUT2D eigenvalue weighted by Gasteiger charge is 2.22. The van der Waals surface area contributed by atoms with E-state index in [0.29, 0.717) is 15.6 Å². The summed E-state index contributed by atoms with van der Waals surface area (Å²) in [5.41, 5.74) is 4.40. The minimum Gasteiger partial charge on any atom is -0.453 e. The summed E-state index contributed by atoms with van der Waals surface area (Å²) >= 11 is 13.6. The minimum atomic E-state index is -0.622. The van der Waals surface area contributed by atoms with Crippen molar-refractivity contribution in [3.63, 3.8) is 0 Å². The predicted molar refractivity (Wildman–Crippen MR) is 126 cm³/mol. The van der Waals surface area contributed by atoms with Gasteiger partial charge in [-0.3, -0.25) is 4.79 Å². The number of carbonyl (C=O) groups excluding carboxylic acids is 2. The van der Waals surface area contributed by atoms with Crippen molar-refractivity contribution in [1.29, 1.82) is 0 Å². The summed E-state index contributed by atoms with van der Waals surface area (Å²) in [4.78, 5) is 25.7. The number of ether oxygens (including phenoxy) is 1. The molecule has 0 spiro atoms. The molecule has 0 bridgehead atoms. The fourth-order valence-electron chi connectivity index (χ4n) is 3.58. The lowest BCUT2D eigenvalue weighted by atomic mass is 10.1. The van der Waals surface area contributed by atoms with Gasteiger partial charge in [-0.25, -0.2) is 4.79 Å². The summed E-state index contributed by atoms with van der Waals surface area (Å²) in [6, 6.07) is 15.1. The van der Waals surface area contributed by atoms with Crippen molar-refractivity contribution in [2.24, 2.45) is 0 Å². The van der Waals surface area contributed by atoms with Crippen LogP contribution in [0.15, 0.2) is 48.5 Å². The number of nitrogens with zero attached hydrogens (tertiary/aromatic N) is 1. The largest absolute Gasteiger partial charge is 0.453 e. The van der Waals surface area contributed by atoms with Crippen LogP contribution in [0.3, 0.4) is 0 Å². The van der Waals surface area contributed by atoms with Crippen molar-refractivity contribution in [3.8, 4) is 5.69 Å². The molecule has 0 amide bonds. The van der Waals surface area contributed by atoms with E-state index < -0.39 is 5.97 Å². The maximum atomic E-state index is 12.8. The van der Waals surface area contributed by atoms with E-state index >= 15 is 0 Å². The lowest BCUT2D eigenvalue weighted by Gasteiger charge is -2.10. The minimum absolute atomic E-state index is 0.261. The van der Waals surface area contributed by atoms with Gasteiger partial charge in [0.15, 0.2) is 6.61 Å².